The summed E-state index contributed by atoms with van der Waals surface area (Å²) in [5, 5.41) is 0. The number of methoxy groups -OCH3 is 1. The van der Waals surface area contributed by atoms with E-state index in [4.69, 9.17) is 0 Å². The van der Waals surface area contributed by atoms with Gasteiger partial charge in [-0.1, -0.05) is 103 Å². The molecule has 0 aliphatic heterocycles. The Labute approximate surface area is 156 Å². The van der Waals surface area contributed by atoms with Gasteiger partial charge in [-0.15, -0.1) is 0 Å². The molecule has 0 spiro atoms. The van der Waals surface area contributed by atoms with Gasteiger partial charge >= 0.3 is 5.97 Å². The van der Waals surface area contributed by atoms with Crippen LogP contribution >= 0.6 is 0 Å². The summed E-state index contributed by atoms with van der Waals surface area (Å²) >= 11 is 0. The highest BCUT2D eigenvalue weighted by atomic mass is 16.5. The number of rotatable bonds is 19. The molecule has 0 atom stereocenters. The summed E-state index contributed by atoms with van der Waals surface area (Å²) in [4.78, 5) is 22.4. The number of hydrogen-bond acceptors (Lipinski definition) is 3. The fraction of sp³-hybridized carbons (Fsp3) is 0.909. The third-order valence-corrected chi connectivity index (χ3v) is 4.88. The third kappa shape index (κ3) is 19.3. The molecule has 3 nitrogen and oxygen atoms in total. The molecule has 0 saturated carbocycles. The second-order valence-electron chi connectivity index (χ2n) is 7.34. The van der Waals surface area contributed by atoms with E-state index < -0.39 is 5.97 Å². The van der Waals surface area contributed by atoms with Crippen molar-refractivity contribution in [2.45, 2.75) is 122 Å². The molecule has 0 aliphatic rings. The summed E-state index contributed by atoms with van der Waals surface area (Å²) in [6.45, 7) is 2.27. The first-order chi connectivity index (χ1) is 12.2. The predicted molar refractivity (Wildman–Crippen MR) is 106 cm³/mol. The summed E-state index contributed by atoms with van der Waals surface area (Å²) in [5.41, 5.74) is 0. The Balaban J connectivity index is 3.12. The van der Waals surface area contributed by atoms with Gasteiger partial charge in [0.1, 0.15) is 12.2 Å². The maximum absolute atomic E-state index is 11.5. The van der Waals surface area contributed by atoms with Gasteiger partial charge in [-0.2, -0.15) is 0 Å². The Hall–Kier alpha value is -0.860. The number of carbonyl (C=O) groups excluding carboxylic acids is 2. The molecule has 0 fully saturated rings. The molecular weight excluding hydrogens is 312 g/mol. The van der Waals surface area contributed by atoms with Crippen molar-refractivity contribution in [2.24, 2.45) is 0 Å². The summed E-state index contributed by atoms with van der Waals surface area (Å²) < 4.78 is 4.49. The first kappa shape index (κ1) is 24.1. The van der Waals surface area contributed by atoms with Gasteiger partial charge in [0.2, 0.25) is 0 Å². The second kappa shape index (κ2) is 19.5. The van der Waals surface area contributed by atoms with Crippen LogP contribution in [-0.4, -0.2) is 18.9 Å². The van der Waals surface area contributed by atoms with E-state index in [0.29, 0.717) is 6.42 Å². The molecular formula is C22H42O3. The van der Waals surface area contributed by atoms with E-state index in [1.54, 1.807) is 0 Å². The zero-order valence-corrected chi connectivity index (χ0v) is 17.0. The normalized spacial score (nSPS) is 10.8. The molecule has 0 heterocycles. The average molecular weight is 355 g/mol. The maximum atomic E-state index is 11.5. The lowest BCUT2D eigenvalue weighted by Gasteiger charge is -2.03. The molecule has 0 amide bonds. The van der Waals surface area contributed by atoms with E-state index in [2.05, 4.69) is 11.7 Å². The lowest BCUT2D eigenvalue weighted by atomic mass is 10.0. The highest BCUT2D eigenvalue weighted by molar-refractivity contribution is 5.95. The Bertz CT molecular complexity index is 312. The Kier molecular flexibility index (Phi) is 18.8. The van der Waals surface area contributed by atoms with E-state index in [9.17, 15) is 9.59 Å². The van der Waals surface area contributed by atoms with Crippen LogP contribution in [0.1, 0.15) is 122 Å². The van der Waals surface area contributed by atoms with Gasteiger partial charge in [0.25, 0.3) is 0 Å². The standard InChI is InChI=1S/C22H42O3/c1-3-4-5-6-7-8-9-10-11-12-13-14-15-16-17-18-19-21(23)20-22(24)25-2/h3-20H2,1-2H3. The topological polar surface area (TPSA) is 43.4 Å². The second-order valence-corrected chi connectivity index (χ2v) is 7.34. The fourth-order valence-electron chi connectivity index (χ4n) is 3.19. The third-order valence-electron chi connectivity index (χ3n) is 4.88. The molecule has 0 aromatic heterocycles. The molecule has 0 radical (unpaired) electrons. The molecule has 0 unspecified atom stereocenters. The summed E-state index contributed by atoms with van der Waals surface area (Å²) in [5.74, 6) is -0.404. The molecule has 0 aromatic carbocycles. The SMILES string of the molecule is CCCCCCCCCCCCCCCCCCC(=O)CC(=O)OC. The first-order valence-electron chi connectivity index (χ1n) is 10.8. The van der Waals surface area contributed by atoms with Crippen LogP contribution in [0.5, 0.6) is 0 Å². The smallest absolute Gasteiger partial charge is 0.313 e. The van der Waals surface area contributed by atoms with Crippen LogP contribution in [0.15, 0.2) is 0 Å². The minimum absolute atomic E-state index is 0.0113. The van der Waals surface area contributed by atoms with Gasteiger partial charge < -0.3 is 4.74 Å². The zero-order valence-electron chi connectivity index (χ0n) is 17.0. The molecule has 0 saturated heterocycles. The van der Waals surface area contributed by atoms with Crippen molar-refractivity contribution in [1.29, 1.82) is 0 Å². The predicted octanol–water partition coefficient (Wildman–Crippen LogP) is 6.77. The van der Waals surface area contributed by atoms with Crippen molar-refractivity contribution in [3.63, 3.8) is 0 Å². The van der Waals surface area contributed by atoms with Crippen LogP contribution in [-0.2, 0) is 14.3 Å². The number of esters is 1. The highest BCUT2D eigenvalue weighted by Crippen LogP contribution is 2.14. The van der Waals surface area contributed by atoms with E-state index in [0.717, 1.165) is 12.8 Å². The van der Waals surface area contributed by atoms with Gasteiger partial charge in [-0.25, -0.2) is 0 Å². The van der Waals surface area contributed by atoms with Crippen LogP contribution < -0.4 is 0 Å². The molecule has 25 heavy (non-hydrogen) atoms. The number of ketones is 1. The van der Waals surface area contributed by atoms with Crippen molar-refractivity contribution in [2.75, 3.05) is 7.11 Å². The molecule has 3 heteroatoms. The minimum atomic E-state index is -0.415. The average Bonchev–Trinajstić information content (AvgIpc) is 2.61. The molecule has 0 N–H and O–H groups in total. The van der Waals surface area contributed by atoms with Crippen molar-refractivity contribution in [3.8, 4) is 0 Å². The van der Waals surface area contributed by atoms with Gasteiger partial charge in [-0.05, 0) is 6.42 Å². The van der Waals surface area contributed by atoms with Gasteiger partial charge in [-0.3, -0.25) is 9.59 Å². The van der Waals surface area contributed by atoms with Gasteiger partial charge in [0, 0.05) is 6.42 Å². The highest BCUT2D eigenvalue weighted by Gasteiger charge is 2.08. The van der Waals surface area contributed by atoms with Crippen LogP contribution in [0, 0.1) is 0 Å². The molecule has 0 aliphatic carbocycles. The maximum Gasteiger partial charge on any atom is 0.313 e. The van der Waals surface area contributed by atoms with Gasteiger partial charge in [0.15, 0.2) is 0 Å². The number of ether oxygens (including phenoxy) is 1. The monoisotopic (exact) mass is 354 g/mol. The van der Waals surface area contributed by atoms with Crippen molar-refractivity contribution in [3.05, 3.63) is 0 Å². The van der Waals surface area contributed by atoms with E-state index in [1.807, 2.05) is 0 Å². The van der Waals surface area contributed by atoms with Crippen molar-refractivity contribution >= 4 is 11.8 Å². The Morgan fingerprint density at radius 2 is 0.960 bits per heavy atom. The van der Waals surface area contributed by atoms with E-state index in [-0.39, 0.29) is 12.2 Å². The van der Waals surface area contributed by atoms with Crippen molar-refractivity contribution < 1.29 is 14.3 Å². The molecule has 148 valence electrons. The molecule has 0 bridgehead atoms. The minimum Gasteiger partial charge on any atom is -0.469 e. The largest absolute Gasteiger partial charge is 0.469 e. The number of Topliss-reactive ketones (excluding diaryl/α,β-unsaturated/α-hetero) is 1. The lowest BCUT2D eigenvalue weighted by molar-refractivity contribution is -0.143. The number of carbonyl (C=O) groups is 2. The van der Waals surface area contributed by atoms with Crippen molar-refractivity contribution in [1.82, 2.24) is 0 Å². The number of hydrogen-bond donors (Lipinski definition) is 0. The quantitative estimate of drug-likeness (QED) is 0.146. The zero-order chi connectivity index (χ0) is 18.6. The lowest BCUT2D eigenvalue weighted by Crippen LogP contribution is -2.08. The molecule has 0 rings (SSSR count). The first-order valence-corrected chi connectivity index (χ1v) is 10.8. The summed E-state index contributed by atoms with van der Waals surface area (Å²) in [7, 11) is 1.32. The van der Waals surface area contributed by atoms with Crippen LogP contribution in [0.25, 0.3) is 0 Å². The molecule has 0 aromatic rings. The summed E-state index contributed by atoms with van der Waals surface area (Å²) in [6.07, 6.45) is 21.7. The van der Waals surface area contributed by atoms with Gasteiger partial charge in [0.05, 0.1) is 7.11 Å². The van der Waals surface area contributed by atoms with Crippen LogP contribution in [0.2, 0.25) is 0 Å². The van der Waals surface area contributed by atoms with E-state index in [1.165, 1.54) is 97.0 Å². The van der Waals surface area contributed by atoms with Crippen LogP contribution in [0.4, 0.5) is 0 Å². The van der Waals surface area contributed by atoms with E-state index >= 15 is 0 Å². The number of unbranched alkanes of at least 4 members (excludes halogenated alkanes) is 15. The Morgan fingerprint density at radius 1 is 0.600 bits per heavy atom. The fourth-order valence-corrected chi connectivity index (χ4v) is 3.19. The Morgan fingerprint density at radius 3 is 1.32 bits per heavy atom. The summed E-state index contributed by atoms with van der Waals surface area (Å²) in [6, 6.07) is 0. The van der Waals surface area contributed by atoms with Crippen LogP contribution in [0.3, 0.4) is 0 Å².